The van der Waals surface area contributed by atoms with Crippen molar-refractivity contribution in [1.29, 1.82) is 0 Å². The average molecular weight is 301 g/mol. The third-order valence-corrected chi connectivity index (χ3v) is 3.26. The molecule has 0 atom stereocenters. The van der Waals surface area contributed by atoms with Crippen molar-refractivity contribution in [3.8, 4) is 11.3 Å². The topological polar surface area (TPSA) is 12.9 Å². The fourth-order valence-electron chi connectivity index (χ4n) is 1.40. The SMILES string of the molecule is Fc1ccc(-c2nccc(CBr)c2Cl)cc1. The zero-order valence-corrected chi connectivity index (χ0v) is 10.6. The van der Waals surface area contributed by atoms with Crippen LogP contribution in [0.1, 0.15) is 5.56 Å². The fourth-order valence-corrected chi connectivity index (χ4v) is 2.31. The molecular weight excluding hydrogens is 292 g/mol. The highest BCUT2D eigenvalue weighted by Gasteiger charge is 2.08. The van der Waals surface area contributed by atoms with Crippen molar-refractivity contribution in [2.75, 3.05) is 0 Å². The molecule has 0 fully saturated rings. The van der Waals surface area contributed by atoms with Gasteiger partial charge in [-0.2, -0.15) is 0 Å². The summed E-state index contributed by atoms with van der Waals surface area (Å²) in [5.41, 5.74) is 2.46. The summed E-state index contributed by atoms with van der Waals surface area (Å²) < 4.78 is 12.8. The van der Waals surface area contributed by atoms with Crippen molar-refractivity contribution in [2.45, 2.75) is 5.33 Å². The van der Waals surface area contributed by atoms with E-state index >= 15 is 0 Å². The number of hydrogen-bond acceptors (Lipinski definition) is 1. The number of alkyl halides is 1. The second-order valence-corrected chi connectivity index (χ2v) is 4.21. The van der Waals surface area contributed by atoms with Gasteiger partial charge in [0.15, 0.2) is 0 Å². The first kappa shape index (κ1) is 11.6. The summed E-state index contributed by atoms with van der Waals surface area (Å²) in [7, 11) is 0. The van der Waals surface area contributed by atoms with Crippen LogP contribution in [-0.4, -0.2) is 4.98 Å². The minimum atomic E-state index is -0.267. The van der Waals surface area contributed by atoms with Crippen LogP contribution < -0.4 is 0 Å². The molecule has 0 saturated carbocycles. The number of aromatic nitrogens is 1. The third-order valence-electron chi connectivity index (χ3n) is 2.23. The average Bonchev–Trinajstić information content (AvgIpc) is 2.31. The molecule has 1 nitrogen and oxygen atoms in total. The van der Waals surface area contributed by atoms with Gasteiger partial charge in [0, 0.05) is 17.1 Å². The molecule has 82 valence electrons. The molecular formula is C12H8BrClFN. The van der Waals surface area contributed by atoms with Gasteiger partial charge in [0.1, 0.15) is 5.82 Å². The van der Waals surface area contributed by atoms with Gasteiger partial charge in [0.05, 0.1) is 10.7 Å². The van der Waals surface area contributed by atoms with Gasteiger partial charge in [-0.15, -0.1) is 0 Å². The van der Waals surface area contributed by atoms with Gasteiger partial charge < -0.3 is 0 Å². The van der Waals surface area contributed by atoms with E-state index in [1.165, 1.54) is 12.1 Å². The van der Waals surface area contributed by atoms with Crippen LogP contribution in [0.25, 0.3) is 11.3 Å². The Kier molecular flexibility index (Phi) is 3.56. The second kappa shape index (κ2) is 4.93. The predicted octanol–water partition coefficient (Wildman–Crippen LogP) is 4.44. The molecule has 0 aliphatic rings. The van der Waals surface area contributed by atoms with E-state index in [0.717, 1.165) is 11.1 Å². The minimum absolute atomic E-state index is 0.267. The Hall–Kier alpha value is -0.930. The molecule has 2 rings (SSSR count). The smallest absolute Gasteiger partial charge is 0.123 e. The lowest BCUT2D eigenvalue weighted by Gasteiger charge is -2.06. The second-order valence-electron chi connectivity index (χ2n) is 3.27. The number of hydrogen-bond donors (Lipinski definition) is 0. The summed E-state index contributed by atoms with van der Waals surface area (Å²) in [6.07, 6.45) is 1.70. The van der Waals surface area contributed by atoms with Crippen LogP contribution in [0, 0.1) is 5.82 Å². The highest BCUT2D eigenvalue weighted by atomic mass is 79.9. The highest BCUT2D eigenvalue weighted by molar-refractivity contribution is 9.08. The van der Waals surface area contributed by atoms with E-state index < -0.39 is 0 Å². The number of halogens is 3. The standard InChI is InChI=1S/C12H8BrClFN/c13-7-9-5-6-16-12(11(9)14)8-1-3-10(15)4-2-8/h1-6H,7H2. The lowest BCUT2D eigenvalue weighted by molar-refractivity contribution is 0.628. The molecule has 1 aromatic heterocycles. The largest absolute Gasteiger partial charge is 0.255 e. The number of rotatable bonds is 2. The summed E-state index contributed by atoms with van der Waals surface area (Å²) in [4.78, 5) is 4.21. The van der Waals surface area contributed by atoms with Crippen LogP contribution in [0.5, 0.6) is 0 Å². The maximum atomic E-state index is 12.8. The highest BCUT2D eigenvalue weighted by Crippen LogP contribution is 2.29. The molecule has 16 heavy (non-hydrogen) atoms. The molecule has 0 bridgehead atoms. The molecule has 4 heteroatoms. The van der Waals surface area contributed by atoms with Crippen molar-refractivity contribution in [1.82, 2.24) is 4.98 Å². The molecule has 1 heterocycles. The van der Waals surface area contributed by atoms with E-state index in [9.17, 15) is 4.39 Å². The Morgan fingerprint density at radius 1 is 1.19 bits per heavy atom. The van der Waals surface area contributed by atoms with Crippen LogP contribution in [-0.2, 0) is 5.33 Å². The summed E-state index contributed by atoms with van der Waals surface area (Å²) in [6, 6.07) is 7.98. The zero-order valence-electron chi connectivity index (χ0n) is 8.25. The first-order valence-electron chi connectivity index (χ1n) is 4.67. The molecule has 0 radical (unpaired) electrons. The van der Waals surface area contributed by atoms with E-state index in [-0.39, 0.29) is 5.82 Å². The van der Waals surface area contributed by atoms with Crippen LogP contribution in [0.15, 0.2) is 36.5 Å². The molecule has 0 saturated heterocycles. The maximum Gasteiger partial charge on any atom is 0.123 e. The Morgan fingerprint density at radius 3 is 2.50 bits per heavy atom. The van der Waals surface area contributed by atoms with Crippen LogP contribution >= 0.6 is 27.5 Å². The lowest BCUT2D eigenvalue weighted by atomic mass is 10.1. The minimum Gasteiger partial charge on any atom is -0.255 e. The normalized spacial score (nSPS) is 10.4. The van der Waals surface area contributed by atoms with Crippen LogP contribution in [0.3, 0.4) is 0 Å². The van der Waals surface area contributed by atoms with Crippen molar-refractivity contribution in [3.63, 3.8) is 0 Å². The zero-order chi connectivity index (χ0) is 11.5. The van der Waals surface area contributed by atoms with Gasteiger partial charge in [-0.05, 0) is 35.9 Å². The lowest BCUT2D eigenvalue weighted by Crippen LogP contribution is -1.89. The molecule has 0 aliphatic heterocycles. The molecule has 0 unspecified atom stereocenters. The molecule has 0 spiro atoms. The monoisotopic (exact) mass is 299 g/mol. The van der Waals surface area contributed by atoms with Gasteiger partial charge in [0.25, 0.3) is 0 Å². The Morgan fingerprint density at radius 2 is 1.88 bits per heavy atom. The Bertz CT molecular complexity index is 499. The number of nitrogens with zero attached hydrogens (tertiary/aromatic N) is 1. The van der Waals surface area contributed by atoms with Crippen molar-refractivity contribution in [2.24, 2.45) is 0 Å². The van der Waals surface area contributed by atoms with Gasteiger partial charge in [-0.3, -0.25) is 4.98 Å². The van der Waals surface area contributed by atoms with E-state index in [2.05, 4.69) is 20.9 Å². The molecule has 0 amide bonds. The van der Waals surface area contributed by atoms with Gasteiger partial charge >= 0.3 is 0 Å². The fraction of sp³-hybridized carbons (Fsp3) is 0.0833. The van der Waals surface area contributed by atoms with Crippen molar-refractivity contribution < 1.29 is 4.39 Å². The molecule has 0 N–H and O–H groups in total. The van der Waals surface area contributed by atoms with Gasteiger partial charge in [-0.25, -0.2) is 4.39 Å². The molecule has 2 aromatic rings. The van der Waals surface area contributed by atoms with Crippen LogP contribution in [0.4, 0.5) is 4.39 Å². The third kappa shape index (κ3) is 2.25. The quantitative estimate of drug-likeness (QED) is 0.747. The summed E-state index contributed by atoms with van der Waals surface area (Å²) in [6.45, 7) is 0. The van der Waals surface area contributed by atoms with Crippen LogP contribution in [0.2, 0.25) is 5.02 Å². The van der Waals surface area contributed by atoms with E-state index in [4.69, 9.17) is 11.6 Å². The van der Waals surface area contributed by atoms with E-state index in [1.54, 1.807) is 18.3 Å². The predicted molar refractivity (Wildman–Crippen MR) is 67.3 cm³/mol. The van der Waals surface area contributed by atoms with E-state index in [0.29, 0.717) is 16.0 Å². The Balaban J connectivity index is 2.51. The molecule has 0 aliphatic carbocycles. The van der Waals surface area contributed by atoms with Gasteiger partial charge in [0.2, 0.25) is 0 Å². The van der Waals surface area contributed by atoms with Crippen molar-refractivity contribution >= 4 is 27.5 Å². The van der Waals surface area contributed by atoms with Gasteiger partial charge in [-0.1, -0.05) is 27.5 Å². The summed E-state index contributed by atoms with van der Waals surface area (Å²) in [5.74, 6) is -0.267. The summed E-state index contributed by atoms with van der Waals surface area (Å²) in [5, 5.41) is 1.27. The summed E-state index contributed by atoms with van der Waals surface area (Å²) >= 11 is 9.55. The first-order valence-corrected chi connectivity index (χ1v) is 6.17. The Labute approximate surface area is 106 Å². The van der Waals surface area contributed by atoms with E-state index in [1.807, 2.05) is 6.07 Å². The first-order chi connectivity index (χ1) is 7.72. The van der Waals surface area contributed by atoms with Crippen molar-refractivity contribution in [3.05, 3.63) is 52.9 Å². The maximum absolute atomic E-state index is 12.8. The number of pyridine rings is 1. The number of benzene rings is 1. The molecule has 1 aromatic carbocycles.